The van der Waals surface area contributed by atoms with E-state index in [0.717, 1.165) is 19.4 Å². The minimum atomic E-state index is -0.892. The van der Waals surface area contributed by atoms with Gasteiger partial charge in [0.25, 0.3) is 0 Å². The van der Waals surface area contributed by atoms with E-state index in [-0.39, 0.29) is 23.2 Å². The molecule has 1 amide bonds. The van der Waals surface area contributed by atoms with Crippen molar-refractivity contribution in [3.05, 3.63) is 0 Å². The standard InChI is InChI=1S/C12H20N2O3S/c1-7(2)11-14(9(6-18-11)12(16)17)10(15)8-4-3-5-13-8/h7-9,11,13H,3-6H2,1-2H3,(H,16,17). The third-order valence-corrected chi connectivity index (χ3v) is 5.12. The molecule has 0 bridgehead atoms. The molecule has 2 rings (SSSR count). The molecular weight excluding hydrogens is 252 g/mol. The number of nitrogens with zero attached hydrogens (tertiary/aromatic N) is 1. The van der Waals surface area contributed by atoms with E-state index in [1.807, 2.05) is 13.8 Å². The summed E-state index contributed by atoms with van der Waals surface area (Å²) in [6, 6.07) is -0.857. The Hall–Kier alpha value is -0.750. The van der Waals surface area contributed by atoms with Gasteiger partial charge in [-0.15, -0.1) is 11.8 Å². The number of carboxylic acid groups (broad SMARTS) is 1. The molecular formula is C12H20N2O3S. The quantitative estimate of drug-likeness (QED) is 0.793. The van der Waals surface area contributed by atoms with Gasteiger partial charge >= 0.3 is 5.97 Å². The number of rotatable bonds is 3. The highest BCUT2D eigenvalue weighted by Gasteiger charge is 2.44. The van der Waals surface area contributed by atoms with Crippen molar-refractivity contribution in [2.24, 2.45) is 5.92 Å². The number of hydrogen-bond acceptors (Lipinski definition) is 4. The van der Waals surface area contributed by atoms with Crippen molar-refractivity contribution >= 4 is 23.6 Å². The van der Waals surface area contributed by atoms with Crippen LogP contribution in [-0.4, -0.2) is 51.6 Å². The zero-order valence-corrected chi connectivity index (χ0v) is 11.6. The van der Waals surface area contributed by atoms with Gasteiger partial charge in [-0.25, -0.2) is 4.79 Å². The van der Waals surface area contributed by atoms with Crippen LogP contribution in [0.3, 0.4) is 0 Å². The molecule has 0 saturated carbocycles. The lowest BCUT2D eigenvalue weighted by molar-refractivity contribution is -0.150. The maximum atomic E-state index is 12.5. The summed E-state index contributed by atoms with van der Waals surface area (Å²) in [7, 11) is 0. The molecule has 2 fully saturated rings. The molecule has 2 saturated heterocycles. The first-order chi connectivity index (χ1) is 8.52. The smallest absolute Gasteiger partial charge is 0.327 e. The van der Waals surface area contributed by atoms with Gasteiger partial charge in [-0.2, -0.15) is 0 Å². The summed E-state index contributed by atoms with van der Waals surface area (Å²) in [5.41, 5.74) is 0. The van der Waals surface area contributed by atoms with Crippen LogP contribution in [-0.2, 0) is 9.59 Å². The Morgan fingerprint density at radius 2 is 2.17 bits per heavy atom. The van der Waals surface area contributed by atoms with E-state index in [1.165, 1.54) is 0 Å². The maximum absolute atomic E-state index is 12.5. The van der Waals surface area contributed by atoms with Gasteiger partial charge < -0.3 is 15.3 Å². The van der Waals surface area contributed by atoms with Gasteiger partial charge in [0.1, 0.15) is 6.04 Å². The predicted molar refractivity (Wildman–Crippen MR) is 70.4 cm³/mol. The first-order valence-corrected chi connectivity index (χ1v) is 7.47. The lowest BCUT2D eigenvalue weighted by atomic mass is 10.1. The second kappa shape index (κ2) is 5.48. The van der Waals surface area contributed by atoms with Crippen LogP contribution in [0, 0.1) is 5.92 Å². The van der Waals surface area contributed by atoms with E-state index < -0.39 is 12.0 Å². The topological polar surface area (TPSA) is 69.6 Å². The molecule has 0 aromatic rings. The van der Waals surface area contributed by atoms with Crippen LogP contribution in [0.1, 0.15) is 26.7 Å². The Morgan fingerprint density at radius 3 is 2.67 bits per heavy atom. The molecule has 3 unspecified atom stereocenters. The van der Waals surface area contributed by atoms with Crippen molar-refractivity contribution < 1.29 is 14.7 Å². The summed E-state index contributed by atoms with van der Waals surface area (Å²) in [6.07, 6.45) is 1.80. The predicted octanol–water partition coefficient (Wildman–Crippen LogP) is 0.749. The van der Waals surface area contributed by atoms with Crippen LogP contribution < -0.4 is 5.32 Å². The van der Waals surface area contributed by atoms with Crippen molar-refractivity contribution in [2.45, 2.75) is 44.1 Å². The number of nitrogens with one attached hydrogen (secondary N) is 1. The molecule has 2 aliphatic heterocycles. The van der Waals surface area contributed by atoms with Gasteiger partial charge in [0, 0.05) is 5.75 Å². The van der Waals surface area contributed by atoms with Gasteiger partial charge in [-0.05, 0) is 25.3 Å². The summed E-state index contributed by atoms with van der Waals surface area (Å²) < 4.78 is 0. The van der Waals surface area contributed by atoms with Crippen LogP contribution in [0.25, 0.3) is 0 Å². The van der Waals surface area contributed by atoms with Gasteiger partial charge in [0.2, 0.25) is 5.91 Å². The van der Waals surface area contributed by atoms with Gasteiger partial charge in [-0.3, -0.25) is 4.79 Å². The Balaban J connectivity index is 2.17. The van der Waals surface area contributed by atoms with Crippen molar-refractivity contribution in [3.8, 4) is 0 Å². The third-order valence-electron chi connectivity index (χ3n) is 3.50. The summed E-state index contributed by atoms with van der Waals surface area (Å²) in [4.78, 5) is 25.3. The molecule has 5 nitrogen and oxygen atoms in total. The Morgan fingerprint density at radius 1 is 1.44 bits per heavy atom. The summed E-state index contributed by atoms with van der Waals surface area (Å²) in [5.74, 6) is -0.165. The third kappa shape index (κ3) is 2.49. The maximum Gasteiger partial charge on any atom is 0.327 e. The number of thioether (sulfide) groups is 1. The minimum Gasteiger partial charge on any atom is -0.480 e. The van der Waals surface area contributed by atoms with Crippen LogP contribution in [0.2, 0.25) is 0 Å². The van der Waals surface area contributed by atoms with E-state index in [9.17, 15) is 14.7 Å². The van der Waals surface area contributed by atoms with Gasteiger partial charge in [-0.1, -0.05) is 13.8 Å². The number of aliphatic carboxylic acids is 1. The van der Waals surface area contributed by atoms with Crippen molar-refractivity contribution in [2.75, 3.05) is 12.3 Å². The molecule has 0 radical (unpaired) electrons. The Kier molecular flexibility index (Phi) is 4.17. The van der Waals surface area contributed by atoms with E-state index in [2.05, 4.69) is 5.32 Å². The average Bonchev–Trinajstić information content (AvgIpc) is 2.97. The van der Waals surface area contributed by atoms with E-state index in [4.69, 9.17) is 0 Å². The lowest BCUT2D eigenvalue weighted by Gasteiger charge is -2.31. The van der Waals surface area contributed by atoms with Crippen molar-refractivity contribution in [1.29, 1.82) is 0 Å². The first kappa shape index (κ1) is 13.7. The molecule has 2 N–H and O–H groups in total. The van der Waals surface area contributed by atoms with Crippen LogP contribution >= 0.6 is 11.8 Å². The molecule has 2 heterocycles. The zero-order valence-electron chi connectivity index (χ0n) is 10.8. The van der Waals surface area contributed by atoms with Crippen molar-refractivity contribution in [3.63, 3.8) is 0 Å². The molecule has 102 valence electrons. The lowest BCUT2D eigenvalue weighted by Crippen LogP contribution is -2.52. The van der Waals surface area contributed by atoms with Gasteiger partial charge in [0.05, 0.1) is 11.4 Å². The SMILES string of the molecule is CC(C)C1SCC(C(=O)O)N1C(=O)C1CCCN1. The zero-order chi connectivity index (χ0) is 13.3. The Bertz CT molecular complexity index is 342. The monoisotopic (exact) mass is 272 g/mol. The fourth-order valence-electron chi connectivity index (χ4n) is 2.59. The molecule has 3 atom stereocenters. The number of amides is 1. The molecule has 18 heavy (non-hydrogen) atoms. The fraction of sp³-hybridized carbons (Fsp3) is 0.833. The molecule has 0 aromatic carbocycles. The summed E-state index contributed by atoms with van der Waals surface area (Å²) in [6.45, 7) is 4.91. The second-order valence-corrected chi connectivity index (χ2v) is 6.37. The summed E-state index contributed by atoms with van der Waals surface area (Å²) >= 11 is 1.58. The number of carboxylic acids is 1. The average molecular weight is 272 g/mol. The highest BCUT2D eigenvalue weighted by Crippen LogP contribution is 2.35. The van der Waals surface area contributed by atoms with E-state index in [0.29, 0.717) is 5.75 Å². The van der Waals surface area contributed by atoms with E-state index >= 15 is 0 Å². The van der Waals surface area contributed by atoms with Crippen LogP contribution in [0.4, 0.5) is 0 Å². The second-order valence-electron chi connectivity index (χ2n) is 5.22. The minimum absolute atomic E-state index is 0.0130. The molecule has 0 aliphatic carbocycles. The van der Waals surface area contributed by atoms with Crippen LogP contribution in [0.15, 0.2) is 0 Å². The highest BCUT2D eigenvalue weighted by atomic mass is 32.2. The highest BCUT2D eigenvalue weighted by molar-refractivity contribution is 8.00. The van der Waals surface area contributed by atoms with E-state index in [1.54, 1.807) is 16.7 Å². The largest absolute Gasteiger partial charge is 0.480 e. The molecule has 2 aliphatic rings. The fourth-order valence-corrected chi connectivity index (χ4v) is 4.06. The molecule has 0 spiro atoms. The Labute approximate surface area is 111 Å². The van der Waals surface area contributed by atoms with Crippen molar-refractivity contribution in [1.82, 2.24) is 10.2 Å². The van der Waals surface area contributed by atoms with Crippen LogP contribution in [0.5, 0.6) is 0 Å². The number of hydrogen-bond donors (Lipinski definition) is 2. The summed E-state index contributed by atoms with van der Waals surface area (Å²) in [5, 5.41) is 12.4. The number of carbonyl (C=O) groups is 2. The van der Waals surface area contributed by atoms with Gasteiger partial charge in [0.15, 0.2) is 0 Å². The molecule has 6 heteroatoms. The normalized spacial score (nSPS) is 32.2. The first-order valence-electron chi connectivity index (χ1n) is 6.42. The molecule has 0 aromatic heterocycles. The number of carbonyl (C=O) groups excluding carboxylic acids is 1.